The second kappa shape index (κ2) is 6.62. The standard InChI is InChI=1S/C16H27N3O2/c1-16(2,18(3)4)12-17-14-5-8-19(9-6-14)15(20)13-7-10-21-11-13/h7,10-11,14,17H,5-6,8-9,12H2,1-4H3. The van der Waals surface area contributed by atoms with Crippen molar-refractivity contribution in [1.29, 1.82) is 0 Å². The number of likely N-dealkylation sites (tertiary alicyclic amines) is 1. The molecule has 0 unspecified atom stereocenters. The van der Waals surface area contributed by atoms with Crippen molar-refractivity contribution >= 4 is 5.91 Å². The predicted octanol–water partition coefficient (Wildman–Crippen LogP) is 1.81. The Morgan fingerprint density at radius 1 is 1.43 bits per heavy atom. The van der Waals surface area contributed by atoms with Gasteiger partial charge in [-0.3, -0.25) is 4.79 Å². The van der Waals surface area contributed by atoms with Crippen molar-refractivity contribution in [3.05, 3.63) is 24.2 Å². The van der Waals surface area contributed by atoms with Gasteiger partial charge in [-0.15, -0.1) is 0 Å². The van der Waals surface area contributed by atoms with Crippen LogP contribution in [0.4, 0.5) is 0 Å². The largest absolute Gasteiger partial charge is 0.472 e. The molecule has 2 rings (SSSR count). The van der Waals surface area contributed by atoms with Crippen LogP contribution in [-0.4, -0.2) is 61.0 Å². The number of nitrogens with zero attached hydrogens (tertiary/aromatic N) is 2. The third-order valence-corrected chi connectivity index (χ3v) is 4.58. The van der Waals surface area contributed by atoms with Gasteiger partial charge in [0.1, 0.15) is 6.26 Å². The van der Waals surface area contributed by atoms with Gasteiger partial charge in [0.25, 0.3) is 5.91 Å². The highest BCUT2D eigenvalue weighted by Crippen LogP contribution is 2.16. The van der Waals surface area contributed by atoms with Gasteiger partial charge in [0, 0.05) is 31.2 Å². The number of rotatable bonds is 5. The van der Waals surface area contributed by atoms with Crippen LogP contribution in [0.15, 0.2) is 23.0 Å². The van der Waals surface area contributed by atoms with E-state index in [9.17, 15) is 4.79 Å². The Bertz CT molecular complexity index is 446. The first kappa shape index (κ1) is 16.0. The smallest absolute Gasteiger partial charge is 0.257 e. The highest BCUT2D eigenvalue weighted by Gasteiger charge is 2.26. The average Bonchev–Trinajstić information content (AvgIpc) is 2.99. The number of nitrogens with one attached hydrogen (secondary N) is 1. The number of hydrogen-bond acceptors (Lipinski definition) is 4. The van der Waals surface area contributed by atoms with Gasteiger partial charge < -0.3 is 19.5 Å². The fourth-order valence-electron chi connectivity index (χ4n) is 2.41. The normalized spacial score (nSPS) is 17.5. The van der Waals surface area contributed by atoms with Crippen molar-refractivity contribution in [2.45, 2.75) is 38.3 Å². The summed E-state index contributed by atoms with van der Waals surface area (Å²) in [6, 6.07) is 2.23. The summed E-state index contributed by atoms with van der Waals surface area (Å²) < 4.78 is 4.98. The van der Waals surface area contributed by atoms with E-state index in [1.54, 1.807) is 12.3 Å². The molecule has 0 atom stereocenters. The fraction of sp³-hybridized carbons (Fsp3) is 0.688. The van der Waals surface area contributed by atoms with E-state index in [0.29, 0.717) is 11.6 Å². The van der Waals surface area contributed by atoms with Gasteiger partial charge in [0.05, 0.1) is 11.8 Å². The molecule has 1 amide bonds. The molecule has 1 aliphatic heterocycles. The molecule has 118 valence electrons. The van der Waals surface area contributed by atoms with E-state index < -0.39 is 0 Å². The van der Waals surface area contributed by atoms with E-state index >= 15 is 0 Å². The number of hydrogen-bond donors (Lipinski definition) is 1. The molecule has 1 aliphatic rings. The first-order valence-electron chi connectivity index (χ1n) is 7.62. The van der Waals surface area contributed by atoms with E-state index in [0.717, 1.165) is 32.5 Å². The van der Waals surface area contributed by atoms with Crippen LogP contribution >= 0.6 is 0 Å². The lowest BCUT2D eigenvalue weighted by Crippen LogP contribution is -2.52. The molecule has 0 aromatic carbocycles. The summed E-state index contributed by atoms with van der Waals surface area (Å²) in [6.45, 7) is 7.05. The van der Waals surface area contributed by atoms with E-state index in [1.165, 1.54) is 6.26 Å². The third-order valence-electron chi connectivity index (χ3n) is 4.58. The number of carbonyl (C=O) groups is 1. The van der Waals surface area contributed by atoms with Crippen LogP contribution in [0.3, 0.4) is 0 Å². The zero-order valence-electron chi connectivity index (χ0n) is 13.6. The van der Waals surface area contributed by atoms with Gasteiger partial charge in [-0.1, -0.05) is 0 Å². The molecule has 0 aliphatic carbocycles. The molecule has 5 heteroatoms. The molecule has 0 saturated carbocycles. The molecule has 5 nitrogen and oxygen atoms in total. The van der Waals surface area contributed by atoms with Crippen molar-refractivity contribution in [3.63, 3.8) is 0 Å². The first-order valence-corrected chi connectivity index (χ1v) is 7.62. The second-order valence-electron chi connectivity index (χ2n) is 6.67. The Hall–Kier alpha value is -1.33. The van der Waals surface area contributed by atoms with Crippen molar-refractivity contribution in [2.24, 2.45) is 0 Å². The molecule has 1 N–H and O–H groups in total. The average molecular weight is 293 g/mol. The zero-order chi connectivity index (χ0) is 15.5. The Kier molecular flexibility index (Phi) is 5.06. The number of carbonyl (C=O) groups excluding carboxylic acids is 1. The molecule has 1 saturated heterocycles. The molecular weight excluding hydrogens is 266 g/mol. The lowest BCUT2D eigenvalue weighted by Gasteiger charge is -2.37. The highest BCUT2D eigenvalue weighted by molar-refractivity contribution is 5.93. The topological polar surface area (TPSA) is 48.7 Å². The summed E-state index contributed by atoms with van der Waals surface area (Å²) in [5, 5.41) is 3.64. The van der Waals surface area contributed by atoms with Crippen molar-refractivity contribution in [2.75, 3.05) is 33.7 Å². The summed E-state index contributed by atoms with van der Waals surface area (Å²) in [4.78, 5) is 16.4. The SMILES string of the molecule is CN(C)C(C)(C)CNC1CCN(C(=O)c2ccoc2)CC1. The number of likely N-dealkylation sites (N-methyl/N-ethyl adjacent to an activating group) is 1. The van der Waals surface area contributed by atoms with Crippen LogP contribution in [0.5, 0.6) is 0 Å². The van der Waals surface area contributed by atoms with Crippen molar-refractivity contribution in [1.82, 2.24) is 15.1 Å². The lowest BCUT2D eigenvalue weighted by atomic mass is 10.0. The van der Waals surface area contributed by atoms with E-state index in [-0.39, 0.29) is 11.4 Å². The van der Waals surface area contributed by atoms with Crippen LogP contribution in [-0.2, 0) is 0 Å². The van der Waals surface area contributed by atoms with Gasteiger partial charge in [-0.05, 0) is 46.9 Å². The molecule has 21 heavy (non-hydrogen) atoms. The minimum Gasteiger partial charge on any atom is -0.472 e. The number of furan rings is 1. The number of piperidine rings is 1. The summed E-state index contributed by atoms with van der Waals surface area (Å²) in [5.41, 5.74) is 0.791. The maximum Gasteiger partial charge on any atom is 0.257 e. The molecule has 0 spiro atoms. The summed E-state index contributed by atoms with van der Waals surface area (Å²) in [5.74, 6) is 0.0795. The minimum absolute atomic E-state index is 0.0795. The fourth-order valence-corrected chi connectivity index (χ4v) is 2.41. The lowest BCUT2D eigenvalue weighted by molar-refractivity contribution is 0.0698. The summed E-state index contributed by atoms with van der Waals surface area (Å²) >= 11 is 0. The first-order chi connectivity index (χ1) is 9.90. The van der Waals surface area contributed by atoms with Gasteiger partial charge >= 0.3 is 0 Å². The summed E-state index contributed by atoms with van der Waals surface area (Å²) in [6.07, 6.45) is 5.08. The van der Waals surface area contributed by atoms with Gasteiger partial charge in [-0.25, -0.2) is 0 Å². The van der Waals surface area contributed by atoms with Crippen molar-refractivity contribution in [3.8, 4) is 0 Å². The molecule has 1 aromatic rings. The van der Waals surface area contributed by atoms with E-state index in [1.807, 2.05) is 4.90 Å². The Morgan fingerprint density at radius 2 is 2.10 bits per heavy atom. The number of amides is 1. The summed E-state index contributed by atoms with van der Waals surface area (Å²) in [7, 11) is 4.21. The van der Waals surface area contributed by atoms with Gasteiger partial charge in [-0.2, -0.15) is 0 Å². The minimum atomic E-state index is 0.0795. The van der Waals surface area contributed by atoms with Crippen molar-refractivity contribution < 1.29 is 9.21 Å². The molecule has 0 bridgehead atoms. The van der Waals surface area contributed by atoms with Crippen LogP contribution in [0.25, 0.3) is 0 Å². The van der Waals surface area contributed by atoms with Crippen LogP contribution < -0.4 is 5.32 Å². The second-order valence-corrected chi connectivity index (χ2v) is 6.67. The van der Waals surface area contributed by atoms with E-state index in [4.69, 9.17) is 4.42 Å². The quantitative estimate of drug-likeness (QED) is 0.899. The molecule has 1 fully saturated rings. The molecular formula is C16H27N3O2. The molecule has 2 heterocycles. The zero-order valence-corrected chi connectivity index (χ0v) is 13.6. The van der Waals surface area contributed by atoms with Gasteiger partial charge in [0.2, 0.25) is 0 Å². The third kappa shape index (κ3) is 4.08. The monoisotopic (exact) mass is 293 g/mol. The van der Waals surface area contributed by atoms with Gasteiger partial charge in [0.15, 0.2) is 0 Å². The van der Waals surface area contributed by atoms with Crippen LogP contribution in [0.2, 0.25) is 0 Å². The Balaban J connectivity index is 1.77. The molecule has 0 radical (unpaired) electrons. The van der Waals surface area contributed by atoms with Crippen LogP contribution in [0, 0.1) is 0 Å². The Labute approximate surface area is 127 Å². The van der Waals surface area contributed by atoms with E-state index in [2.05, 4.69) is 38.2 Å². The maximum absolute atomic E-state index is 12.2. The highest BCUT2D eigenvalue weighted by atomic mass is 16.3. The molecule has 1 aromatic heterocycles. The Morgan fingerprint density at radius 3 is 2.62 bits per heavy atom. The van der Waals surface area contributed by atoms with Crippen LogP contribution in [0.1, 0.15) is 37.0 Å². The predicted molar refractivity (Wildman–Crippen MR) is 83.4 cm³/mol. The maximum atomic E-state index is 12.2.